The molecule has 3 rings (SSSR count). The third-order valence-corrected chi connectivity index (χ3v) is 4.83. The fourth-order valence-electron chi connectivity index (χ4n) is 2.41. The molecule has 4 nitrogen and oxygen atoms in total. The predicted octanol–water partition coefficient (Wildman–Crippen LogP) is -0.313. The summed E-state index contributed by atoms with van der Waals surface area (Å²) in [5, 5.41) is -0.269. The molecule has 0 spiro atoms. The van der Waals surface area contributed by atoms with Crippen LogP contribution < -0.4 is 0 Å². The summed E-state index contributed by atoms with van der Waals surface area (Å²) >= 11 is 0. The number of ether oxygens (including phenoxy) is 2. The Kier molecular flexibility index (Phi) is 1.23. The van der Waals surface area contributed by atoms with E-state index in [1.165, 1.54) is 0 Å². The Balaban J connectivity index is 2.03. The van der Waals surface area contributed by atoms with Gasteiger partial charge in [0.1, 0.15) is 12.0 Å². The zero-order valence-electron chi connectivity index (χ0n) is 6.47. The van der Waals surface area contributed by atoms with Crippen LogP contribution in [0.1, 0.15) is 12.8 Å². The minimum Gasteiger partial charge on any atom is -0.371 e. The first kappa shape index (κ1) is 7.29. The smallest absolute Gasteiger partial charge is 0.179 e. The van der Waals surface area contributed by atoms with Gasteiger partial charge in [0.15, 0.2) is 9.84 Å². The van der Waals surface area contributed by atoms with Gasteiger partial charge in [-0.15, -0.1) is 0 Å². The molecule has 12 heavy (non-hydrogen) atoms. The summed E-state index contributed by atoms with van der Waals surface area (Å²) in [5.41, 5.74) is 0. The first-order chi connectivity index (χ1) is 5.67. The lowest BCUT2D eigenvalue weighted by Crippen LogP contribution is -2.48. The lowest BCUT2D eigenvalue weighted by Gasteiger charge is -2.31. The van der Waals surface area contributed by atoms with Gasteiger partial charge in [0, 0.05) is 6.42 Å². The number of fused-ring (bicyclic) bond motifs is 1. The van der Waals surface area contributed by atoms with Gasteiger partial charge in [0.25, 0.3) is 0 Å². The zero-order valence-corrected chi connectivity index (χ0v) is 7.29. The molecular formula is C7H10O4S. The van der Waals surface area contributed by atoms with Gasteiger partial charge in [-0.2, -0.15) is 0 Å². The fourth-order valence-corrected chi connectivity index (χ4v) is 4.11. The van der Waals surface area contributed by atoms with E-state index in [0.29, 0.717) is 6.42 Å². The maximum Gasteiger partial charge on any atom is 0.179 e. The van der Waals surface area contributed by atoms with Gasteiger partial charge in [-0.05, 0) is 6.42 Å². The van der Waals surface area contributed by atoms with Gasteiger partial charge in [-0.3, -0.25) is 0 Å². The average Bonchev–Trinajstić information content (AvgIpc) is 2.56. The van der Waals surface area contributed by atoms with Gasteiger partial charge in [-0.1, -0.05) is 0 Å². The fraction of sp³-hybridized carbons (Fsp3) is 1.00. The Hall–Kier alpha value is -0.130. The normalized spacial score (nSPS) is 54.3. The molecule has 0 aromatic carbocycles. The molecule has 3 saturated heterocycles. The number of sulfone groups is 1. The lowest BCUT2D eigenvalue weighted by molar-refractivity contribution is 0.00783. The van der Waals surface area contributed by atoms with Crippen LogP contribution >= 0.6 is 0 Å². The van der Waals surface area contributed by atoms with Crippen molar-refractivity contribution in [3.05, 3.63) is 0 Å². The monoisotopic (exact) mass is 190 g/mol. The SMILES string of the molecule is O=S1(=O)COC2CC3CC1C2O3. The quantitative estimate of drug-likeness (QED) is 0.525. The van der Waals surface area contributed by atoms with Crippen LogP contribution in [0.15, 0.2) is 0 Å². The van der Waals surface area contributed by atoms with Gasteiger partial charge < -0.3 is 9.47 Å². The van der Waals surface area contributed by atoms with Crippen LogP contribution in [0.3, 0.4) is 0 Å². The molecule has 3 aliphatic heterocycles. The molecule has 4 atom stereocenters. The van der Waals surface area contributed by atoms with Crippen molar-refractivity contribution in [2.75, 3.05) is 5.94 Å². The summed E-state index contributed by atoms with van der Waals surface area (Å²) in [6.45, 7) is 0. The third kappa shape index (κ3) is 0.765. The van der Waals surface area contributed by atoms with E-state index in [2.05, 4.69) is 0 Å². The van der Waals surface area contributed by atoms with Crippen molar-refractivity contribution >= 4 is 9.84 Å². The average molecular weight is 190 g/mol. The van der Waals surface area contributed by atoms with Crippen molar-refractivity contribution in [2.24, 2.45) is 0 Å². The summed E-state index contributed by atoms with van der Waals surface area (Å²) < 4.78 is 33.5. The van der Waals surface area contributed by atoms with E-state index in [1.54, 1.807) is 0 Å². The predicted molar refractivity (Wildman–Crippen MR) is 40.3 cm³/mol. The number of hydrogen-bond donors (Lipinski definition) is 0. The highest BCUT2D eigenvalue weighted by Gasteiger charge is 2.56. The molecule has 68 valence electrons. The van der Waals surface area contributed by atoms with E-state index < -0.39 is 9.84 Å². The first-order valence-electron chi connectivity index (χ1n) is 4.15. The Bertz CT molecular complexity index is 309. The molecule has 0 amide bonds. The highest BCUT2D eigenvalue weighted by molar-refractivity contribution is 7.92. The molecular weight excluding hydrogens is 180 g/mol. The lowest BCUT2D eigenvalue weighted by atomic mass is 9.97. The molecule has 4 unspecified atom stereocenters. The maximum absolute atomic E-state index is 11.4. The number of hydrogen-bond acceptors (Lipinski definition) is 4. The maximum atomic E-state index is 11.4. The van der Waals surface area contributed by atoms with Crippen molar-refractivity contribution in [3.63, 3.8) is 0 Å². The van der Waals surface area contributed by atoms with E-state index in [4.69, 9.17) is 9.47 Å². The third-order valence-electron chi connectivity index (χ3n) is 2.98. The molecule has 2 bridgehead atoms. The van der Waals surface area contributed by atoms with Gasteiger partial charge in [-0.25, -0.2) is 8.42 Å². The summed E-state index contributed by atoms with van der Waals surface area (Å²) in [4.78, 5) is 0. The molecule has 5 heteroatoms. The largest absolute Gasteiger partial charge is 0.371 e. The van der Waals surface area contributed by atoms with E-state index in [1.807, 2.05) is 0 Å². The van der Waals surface area contributed by atoms with E-state index >= 15 is 0 Å². The summed E-state index contributed by atoms with van der Waals surface area (Å²) in [7, 11) is -3.01. The van der Waals surface area contributed by atoms with Crippen LogP contribution in [0.25, 0.3) is 0 Å². The Morgan fingerprint density at radius 2 is 2.08 bits per heavy atom. The van der Waals surface area contributed by atoms with Crippen LogP contribution in [-0.4, -0.2) is 37.9 Å². The van der Waals surface area contributed by atoms with E-state index in [-0.39, 0.29) is 29.5 Å². The molecule has 0 aromatic heterocycles. The van der Waals surface area contributed by atoms with Crippen LogP contribution in [0, 0.1) is 0 Å². The highest BCUT2D eigenvalue weighted by atomic mass is 32.2. The van der Waals surface area contributed by atoms with E-state index in [0.717, 1.165) is 6.42 Å². The highest BCUT2D eigenvalue weighted by Crippen LogP contribution is 2.42. The molecule has 0 aliphatic carbocycles. The van der Waals surface area contributed by atoms with Crippen molar-refractivity contribution in [1.29, 1.82) is 0 Å². The first-order valence-corrected chi connectivity index (χ1v) is 5.87. The van der Waals surface area contributed by atoms with Crippen molar-refractivity contribution in [2.45, 2.75) is 36.4 Å². The van der Waals surface area contributed by atoms with Crippen LogP contribution in [0.5, 0.6) is 0 Å². The molecule has 0 radical (unpaired) electrons. The van der Waals surface area contributed by atoms with Crippen LogP contribution in [0.2, 0.25) is 0 Å². The molecule has 0 aromatic rings. The van der Waals surface area contributed by atoms with Crippen LogP contribution in [-0.2, 0) is 19.3 Å². The summed E-state index contributed by atoms with van der Waals surface area (Å²) in [6, 6.07) is 0. The summed E-state index contributed by atoms with van der Waals surface area (Å²) in [5.74, 6) is -0.102. The Labute approximate surface area is 70.8 Å². The van der Waals surface area contributed by atoms with Gasteiger partial charge in [0.2, 0.25) is 0 Å². The van der Waals surface area contributed by atoms with Crippen molar-refractivity contribution < 1.29 is 17.9 Å². The van der Waals surface area contributed by atoms with Crippen molar-refractivity contribution in [1.82, 2.24) is 0 Å². The Morgan fingerprint density at radius 1 is 1.25 bits per heavy atom. The Morgan fingerprint density at radius 3 is 2.75 bits per heavy atom. The topological polar surface area (TPSA) is 52.6 Å². The summed E-state index contributed by atoms with van der Waals surface area (Å²) in [6.07, 6.45) is 1.61. The van der Waals surface area contributed by atoms with Gasteiger partial charge in [0.05, 0.1) is 17.5 Å². The zero-order chi connectivity index (χ0) is 8.34. The second-order valence-corrected chi connectivity index (χ2v) is 5.89. The van der Waals surface area contributed by atoms with Gasteiger partial charge >= 0.3 is 0 Å². The minimum atomic E-state index is -3.01. The van der Waals surface area contributed by atoms with Crippen LogP contribution in [0.4, 0.5) is 0 Å². The molecule has 3 aliphatic rings. The minimum absolute atomic E-state index is 0.0530. The second kappa shape index (κ2) is 2.02. The van der Waals surface area contributed by atoms with E-state index in [9.17, 15) is 8.42 Å². The number of rotatable bonds is 0. The molecule has 0 N–H and O–H groups in total. The molecule has 3 fully saturated rings. The van der Waals surface area contributed by atoms with Crippen molar-refractivity contribution in [3.8, 4) is 0 Å². The standard InChI is InChI=1S/C7H10O4S/c8-12(9)3-10-5-1-4-2-6(12)7(5)11-4/h4-7H,1-3H2. The second-order valence-electron chi connectivity index (χ2n) is 3.72. The molecule has 0 saturated carbocycles. The molecule has 3 heterocycles.